The Morgan fingerprint density at radius 2 is 1.93 bits per heavy atom. The molecule has 8 nitrogen and oxygen atoms in total. The van der Waals surface area contributed by atoms with Crippen LogP contribution in [-0.4, -0.2) is 45.5 Å². The van der Waals surface area contributed by atoms with Gasteiger partial charge in [-0.1, -0.05) is 23.4 Å². The van der Waals surface area contributed by atoms with E-state index in [9.17, 15) is 23.1 Å². The van der Waals surface area contributed by atoms with E-state index >= 15 is 0 Å². The Hall–Kier alpha value is -4.12. The first-order chi connectivity index (χ1) is 19.7. The number of nitrogens with zero attached hydrogens (tertiary/aromatic N) is 3. The van der Waals surface area contributed by atoms with Crippen molar-refractivity contribution in [3.8, 4) is 17.0 Å². The predicted octanol–water partition coefficient (Wildman–Crippen LogP) is 6.39. The Labute approximate surface area is 232 Å². The van der Waals surface area contributed by atoms with Crippen LogP contribution >= 0.6 is 0 Å². The molecule has 1 aliphatic heterocycles. The molecule has 2 aliphatic carbocycles. The van der Waals surface area contributed by atoms with E-state index in [1.54, 1.807) is 23.9 Å². The Balaban J connectivity index is 1.46. The number of nitrogens with one attached hydrogen (secondary N) is 1. The monoisotopic (exact) mass is 564 g/mol. The molecule has 1 spiro atoms. The molecule has 212 valence electrons. The lowest BCUT2D eigenvalue weighted by molar-refractivity contribution is -0.274. The van der Waals surface area contributed by atoms with Crippen molar-refractivity contribution in [3.63, 3.8) is 0 Å². The van der Waals surface area contributed by atoms with Gasteiger partial charge in [0.05, 0.1) is 5.52 Å². The van der Waals surface area contributed by atoms with Crippen LogP contribution in [0.25, 0.3) is 33.3 Å². The molecule has 7 rings (SSSR count). The van der Waals surface area contributed by atoms with Crippen molar-refractivity contribution in [2.24, 2.45) is 12.5 Å². The van der Waals surface area contributed by atoms with Crippen molar-refractivity contribution in [2.45, 2.75) is 44.4 Å². The number of aryl methyl sites for hydroxylation is 1. The van der Waals surface area contributed by atoms with Crippen LogP contribution in [0.5, 0.6) is 5.75 Å². The molecule has 1 saturated heterocycles. The van der Waals surface area contributed by atoms with Gasteiger partial charge >= 0.3 is 12.3 Å². The van der Waals surface area contributed by atoms with Crippen molar-refractivity contribution in [3.05, 3.63) is 65.0 Å². The minimum Gasteiger partial charge on any atom is -0.476 e. The summed E-state index contributed by atoms with van der Waals surface area (Å²) in [4.78, 5) is 12.0. The van der Waals surface area contributed by atoms with Gasteiger partial charge in [-0.15, -0.1) is 13.2 Å². The maximum Gasteiger partial charge on any atom is 0.573 e. The summed E-state index contributed by atoms with van der Waals surface area (Å²) in [5.41, 5.74) is 4.73. The summed E-state index contributed by atoms with van der Waals surface area (Å²) in [5.74, 6) is -0.602. The van der Waals surface area contributed by atoms with Crippen molar-refractivity contribution in [1.82, 2.24) is 20.3 Å². The van der Waals surface area contributed by atoms with E-state index in [4.69, 9.17) is 4.52 Å². The lowest BCUT2D eigenvalue weighted by atomic mass is 9.56. The molecule has 1 saturated carbocycles. The first-order valence-corrected chi connectivity index (χ1v) is 13.6. The molecule has 41 heavy (non-hydrogen) atoms. The summed E-state index contributed by atoms with van der Waals surface area (Å²) in [7, 11) is 1.71. The zero-order valence-corrected chi connectivity index (χ0v) is 22.2. The van der Waals surface area contributed by atoms with Gasteiger partial charge in [0, 0.05) is 34.9 Å². The number of aromatic carboxylic acids is 1. The molecule has 0 unspecified atom stereocenters. The number of piperidine rings is 1. The van der Waals surface area contributed by atoms with Gasteiger partial charge in [0.2, 0.25) is 0 Å². The SMILES string of the molecule is Cn1nc(C(=O)O)c2cc(C3=C(c4c(-c5ccccc5OC(F)(F)F)noc4C4CC4)CC34CCNCC4)ccc21. The number of alkyl halides is 3. The maximum absolute atomic E-state index is 13.3. The van der Waals surface area contributed by atoms with Crippen LogP contribution in [0.2, 0.25) is 0 Å². The smallest absolute Gasteiger partial charge is 0.476 e. The fourth-order valence-electron chi connectivity index (χ4n) is 6.61. The Kier molecular flexibility index (Phi) is 5.79. The van der Waals surface area contributed by atoms with E-state index in [0.717, 1.165) is 67.5 Å². The van der Waals surface area contributed by atoms with Gasteiger partial charge in [-0.05, 0) is 86.2 Å². The molecule has 2 aromatic carbocycles. The van der Waals surface area contributed by atoms with Crippen molar-refractivity contribution < 1.29 is 32.3 Å². The third-order valence-electron chi connectivity index (χ3n) is 8.59. The molecule has 4 aromatic rings. The van der Waals surface area contributed by atoms with E-state index in [-0.39, 0.29) is 28.3 Å². The number of allylic oxidation sites excluding steroid dienone is 2. The summed E-state index contributed by atoms with van der Waals surface area (Å²) in [6, 6.07) is 11.7. The molecular formula is C30H27F3N4O4. The number of carboxylic acids is 1. The van der Waals surface area contributed by atoms with Crippen LogP contribution in [0.1, 0.15) is 65.4 Å². The number of fused-ring (bicyclic) bond motifs is 1. The summed E-state index contributed by atoms with van der Waals surface area (Å²) in [5, 5.41) is 22.3. The first kappa shape index (κ1) is 25.8. The molecule has 11 heteroatoms. The van der Waals surface area contributed by atoms with Crippen LogP contribution in [0.15, 0.2) is 47.0 Å². The van der Waals surface area contributed by atoms with Crippen molar-refractivity contribution in [1.29, 1.82) is 0 Å². The van der Waals surface area contributed by atoms with Gasteiger partial charge in [-0.3, -0.25) is 4.68 Å². The van der Waals surface area contributed by atoms with Crippen LogP contribution in [-0.2, 0) is 7.05 Å². The predicted molar refractivity (Wildman–Crippen MR) is 144 cm³/mol. The highest BCUT2D eigenvalue weighted by Crippen LogP contribution is 2.63. The molecule has 0 atom stereocenters. The van der Waals surface area contributed by atoms with E-state index < -0.39 is 12.3 Å². The molecule has 0 amide bonds. The third kappa shape index (κ3) is 4.30. The second-order valence-corrected chi connectivity index (χ2v) is 11.2. The lowest BCUT2D eigenvalue weighted by Crippen LogP contribution is -2.42. The molecule has 2 fully saturated rings. The van der Waals surface area contributed by atoms with Crippen LogP contribution in [0, 0.1) is 5.41 Å². The molecule has 2 aromatic heterocycles. The zero-order chi connectivity index (χ0) is 28.5. The summed E-state index contributed by atoms with van der Waals surface area (Å²) >= 11 is 0. The van der Waals surface area contributed by atoms with E-state index in [2.05, 4.69) is 20.3 Å². The minimum absolute atomic E-state index is 0.0206. The fraction of sp³-hybridized carbons (Fsp3) is 0.367. The number of carboxylic acid groups (broad SMARTS) is 1. The molecule has 0 bridgehead atoms. The van der Waals surface area contributed by atoms with Gasteiger partial charge in [0.1, 0.15) is 17.2 Å². The quantitative estimate of drug-likeness (QED) is 0.280. The van der Waals surface area contributed by atoms with Crippen molar-refractivity contribution in [2.75, 3.05) is 13.1 Å². The average Bonchev–Trinajstić information content (AvgIpc) is 3.59. The Morgan fingerprint density at radius 3 is 2.63 bits per heavy atom. The first-order valence-electron chi connectivity index (χ1n) is 13.6. The number of aromatic nitrogens is 3. The number of rotatable bonds is 6. The second-order valence-electron chi connectivity index (χ2n) is 11.2. The molecule has 3 heterocycles. The zero-order valence-electron chi connectivity index (χ0n) is 22.2. The molecule has 0 radical (unpaired) electrons. The van der Waals surface area contributed by atoms with Crippen LogP contribution < -0.4 is 10.1 Å². The maximum atomic E-state index is 13.3. The average molecular weight is 565 g/mol. The fourth-order valence-corrected chi connectivity index (χ4v) is 6.61. The number of halogens is 3. The summed E-state index contributed by atoms with van der Waals surface area (Å²) in [6.45, 7) is 1.67. The lowest BCUT2D eigenvalue weighted by Gasteiger charge is -2.49. The number of benzene rings is 2. The molecule has 2 N–H and O–H groups in total. The normalized spacial score (nSPS) is 18.6. The second kappa shape index (κ2) is 9.20. The highest BCUT2D eigenvalue weighted by Gasteiger charge is 2.49. The van der Waals surface area contributed by atoms with Gasteiger partial charge < -0.3 is 19.7 Å². The van der Waals surface area contributed by atoms with Crippen molar-refractivity contribution >= 4 is 28.0 Å². The third-order valence-corrected chi connectivity index (χ3v) is 8.59. The van der Waals surface area contributed by atoms with E-state index in [1.807, 2.05) is 18.2 Å². The van der Waals surface area contributed by atoms with Gasteiger partial charge in [-0.2, -0.15) is 5.10 Å². The Bertz CT molecular complexity index is 1730. The van der Waals surface area contributed by atoms with Gasteiger partial charge in [-0.25, -0.2) is 4.79 Å². The number of carbonyl (C=O) groups is 1. The highest BCUT2D eigenvalue weighted by atomic mass is 19.4. The topological polar surface area (TPSA) is 102 Å². The highest BCUT2D eigenvalue weighted by molar-refractivity contribution is 6.07. The van der Waals surface area contributed by atoms with Crippen LogP contribution in [0.4, 0.5) is 13.2 Å². The summed E-state index contributed by atoms with van der Waals surface area (Å²) < 4.78 is 51.8. The van der Waals surface area contributed by atoms with Gasteiger partial charge in [0.25, 0.3) is 0 Å². The number of hydrogen-bond acceptors (Lipinski definition) is 6. The van der Waals surface area contributed by atoms with Crippen LogP contribution in [0.3, 0.4) is 0 Å². The molecular weight excluding hydrogens is 537 g/mol. The Morgan fingerprint density at radius 1 is 1.17 bits per heavy atom. The van der Waals surface area contributed by atoms with Gasteiger partial charge in [0.15, 0.2) is 5.69 Å². The number of ether oxygens (including phenoxy) is 1. The molecule has 3 aliphatic rings. The number of hydrogen-bond donors (Lipinski definition) is 2. The largest absolute Gasteiger partial charge is 0.573 e. The standard InChI is InChI=1S/C30H27F3N4O4/c1-37-21-9-8-17(14-19(21)26(35-37)28(38)39)24-20(15-29(24)10-12-34-13-11-29)23-25(36-41-27(23)16-6-7-16)18-4-2-3-5-22(18)40-30(31,32)33/h2-5,8-9,14,16,34H,6-7,10-13,15H2,1H3,(H,38,39). The van der Waals surface area contributed by atoms with E-state index in [0.29, 0.717) is 22.4 Å². The van der Waals surface area contributed by atoms with E-state index in [1.165, 1.54) is 12.1 Å². The minimum atomic E-state index is -4.86. The number of para-hydroxylation sites is 1. The summed E-state index contributed by atoms with van der Waals surface area (Å²) in [6.07, 6.45) is -0.531.